The second kappa shape index (κ2) is 14.3. The Kier molecular flexibility index (Phi) is 10.8. The number of Topliss-reactive ketones (excluding diaryl/α,β-unsaturated/α-hetero) is 1. The average Bonchev–Trinajstić information content (AvgIpc) is 2.98. The van der Waals surface area contributed by atoms with Gasteiger partial charge in [0.2, 0.25) is 11.5 Å². The molecule has 0 atom stereocenters. The van der Waals surface area contributed by atoms with Gasteiger partial charge in [-0.2, -0.15) is 0 Å². The Labute approximate surface area is 242 Å². The van der Waals surface area contributed by atoms with Crippen LogP contribution in [0.3, 0.4) is 0 Å². The maximum absolute atomic E-state index is 12.9. The molecule has 0 aliphatic rings. The second-order valence-corrected chi connectivity index (χ2v) is 9.05. The van der Waals surface area contributed by atoms with Crippen LogP contribution in [0.5, 0.6) is 40.2 Å². The Balaban J connectivity index is 1.87. The number of hydrogen-bond acceptors (Lipinski definition) is 9. The molecular weight excluding hydrogens is 582 g/mol. The minimum Gasteiger partial charge on any atom is -0.493 e. The van der Waals surface area contributed by atoms with Crippen LogP contribution in [-0.2, 0) is 0 Å². The van der Waals surface area contributed by atoms with Gasteiger partial charge in [-0.05, 0) is 63.5 Å². The minimum absolute atomic E-state index is 0.0465. The second-order valence-electron chi connectivity index (χ2n) is 8.20. The number of ether oxygens (including phenoxy) is 7. The Hall–Kier alpha value is -4.18. The molecule has 9 nitrogen and oxygen atoms in total. The molecule has 0 unspecified atom stereocenters. The molecule has 10 heteroatoms. The zero-order valence-corrected chi connectivity index (χ0v) is 25.1. The van der Waals surface area contributed by atoms with Gasteiger partial charge in [0, 0.05) is 18.2 Å². The zero-order valence-electron chi connectivity index (χ0n) is 23.5. The van der Waals surface area contributed by atoms with E-state index in [4.69, 9.17) is 33.2 Å². The molecule has 0 aliphatic heterocycles. The lowest BCUT2D eigenvalue weighted by atomic mass is 10.1. The van der Waals surface area contributed by atoms with Crippen molar-refractivity contribution < 1.29 is 38.0 Å². The number of hydrogen-bond donors (Lipinski definition) is 0. The molecule has 0 saturated heterocycles. The molecule has 0 bridgehead atoms. The first kappa shape index (κ1) is 30.4. The average molecular weight is 614 g/mol. The van der Waals surface area contributed by atoms with E-state index >= 15 is 0 Å². The van der Waals surface area contributed by atoms with Crippen molar-refractivity contribution in [2.45, 2.75) is 6.42 Å². The summed E-state index contributed by atoms with van der Waals surface area (Å²) in [5.41, 5.74) is 2.67. The molecule has 3 rings (SSSR count). The van der Waals surface area contributed by atoms with Crippen molar-refractivity contribution in [2.24, 2.45) is 4.99 Å². The molecule has 3 aromatic rings. The molecule has 3 aromatic carbocycles. The minimum atomic E-state index is -0.167. The van der Waals surface area contributed by atoms with Crippen LogP contribution >= 0.6 is 15.9 Å². The van der Waals surface area contributed by atoms with Gasteiger partial charge < -0.3 is 33.2 Å². The molecule has 0 amide bonds. The molecule has 0 aliphatic carbocycles. The summed E-state index contributed by atoms with van der Waals surface area (Å²) in [6.07, 6.45) is 5.43. The van der Waals surface area contributed by atoms with Gasteiger partial charge in [0.25, 0.3) is 0 Å². The van der Waals surface area contributed by atoms with Crippen LogP contribution < -0.4 is 33.2 Å². The number of nitrogens with zero attached hydrogens (tertiary/aromatic N) is 1. The fraction of sp³-hybridized carbons (Fsp3) is 0.267. The topological polar surface area (TPSA) is 94.0 Å². The highest BCUT2D eigenvalue weighted by molar-refractivity contribution is 9.10. The lowest BCUT2D eigenvalue weighted by molar-refractivity contribution is 0.100. The van der Waals surface area contributed by atoms with Crippen LogP contribution in [0.2, 0.25) is 0 Å². The van der Waals surface area contributed by atoms with Gasteiger partial charge in [0.05, 0.1) is 54.2 Å². The Morgan fingerprint density at radius 3 is 1.55 bits per heavy atom. The van der Waals surface area contributed by atoms with Gasteiger partial charge >= 0.3 is 0 Å². The number of aliphatic imine (C=N–C) groups is 1. The van der Waals surface area contributed by atoms with Crippen LogP contribution in [0.1, 0.15) is 27.9 Å². The van der Waals surface area contributed by atoms with Gasteiger partial charge in [0.1, 0.15) is 5.69 Å². The fourth-order valence-electron chi connectivity index (χ4n) is 3.97. The van der Waals surface area contributed by atoms with Crippen LogP contribution in [0.25, 0.3) is 12.2 Å². The van der Waals surface area contributed by atoms with Gasteiger partial charge in [-0.15, -0.1) is 0 Å². The van der Waals surface area contributed by atoms with Crippen molar-refractivity contribution in [1.29, 1.82) is 0 Å². The van der Waals surface area contributed by atoms with Gasteiger partial charge in [-0.25, -0.2) is 0 Å². The first-order chi connectivity index (χ1) is 19.3. The van der Waals surface area contributed by atoms with E-state index in [9.17, 15) is 4.79 Å². The molecule has 0 radical (unpaired) electrons. The molecular formula is C30H32BrNO8. The molecule has 0 aromatic heterocycles. The maximum atomic E-state index is 12.9. The quantitative estimate of drug-likeness (QED) is 0.120. The van der Waals surface area contributed by atoms with E-state index in [0.29, 0.717) is 56.0 Å². The summed E-state index contributed by atoms with van der Waals surface area (Å²) >= 11 is 3.56. The number of halogens is 1. The third kappa shape index (κ3) is 6.87. The highest BCUT2D eigenvalue weighted by Gasteiger charge is 2.17. The van der Waals surface area contributed by atoms with Crippen LogP contribution in [0, 0.1) is 0 Å². The van der Waals surface area contributed by atoms with E-state index in [2.05, 4.69) is 20.9 Å². The standard InChI is InChI=1S/C30H32BrNO8/c1-34-24-14-19(15-25(35-2)29(24)39-6)9-8-18-12-21(31)28(38-5)22(13-18)32-11-10-23(33)20-16-26(36-3)30(40-7)27(17-20)37-4/h8-9,11-17H,10H2,1-7H3/b9-8-,32-11?. The first-order valence-electron chi connectivity index (χ1n) is 12.0. The predicted octanol–water partition coefficient (Wildman–Crippen LogP) is 6.66. The summed E-state index contributed by atoms with van der Waals surface area (Å²) in [6, 6.07) is 10.7. The van der Waals surface area contributed by atoms with Crippen molar-refractivity contribution in [3.8, 4) is 40.2 Å². The number of carbonyl (C=O) groups is 1. The van der Waals surface area contributed by atoms with Crippen molar-refractivity contribution >= 4 is 45.8 Å². The Morgan fingerprint density at radius 2 is 1.10 bits per heavy atom. The van der Waals surface area contributed by atoms with Crippen molar-refractivity contribution in [3.05, 3.63) is 57.6 Å². The number of rotatable bonds is 13. The monoisotopic (exact) mass is 613 g/mol. The first-order valence-corrected chi connectivity index (χ1v) is 12.8. The fourth-order valence-corrected chi connectivity index (χ4v) is 4.60. The highest BCUT2D eigenvalue weighted by atomic mass is 79.9. The predicted molar refractivity (Wildman–Crippen MR) is 159 cm³/mol. The van der Waals surface area contributed by atoms with Gasteiger partial charge in [-0.1, -0.05) is 12.2 Å². The van der Waals surface area contributed by atoms with Gasteiger partial charge in [-0.3, -0.25) is 9.79 Å². The molecule has 0 heterocycles. The number of benzene rings is 3. The molecule has 0 spiro atoms. The summed E-state index contributed by atoms with van der Waals surface area (Å²) in [7, 11) is 10.8. The number of methoxy groups -OCH3 is 7. The zero-order chi connectivity index (χ0) is 29.2. The normalized spacial score (nSPS) is 11.0. The van der Waals surface area contributed by atoms with Crippen molar-refractivity contribution in [1.82, 2.24) is 0 Å². The van der Waals surface area contributed by atoms with E-state index in [0.717, 1.165) is 11.1 Å². The van der Waals surface area contributed by atoms with Gasteiger partial charge in [0.15, 0.2) is 34.5 Å². The van der Waals surface area contributed by atoms with E-state index in [1.54, 1.807) is 46.8 Å². The SMILES string of the molecule is COc1cc(/C=C\c2cc(Br)c(OC)c(N=CCC(=O)c3cc(OC)c(OC)c(OC)c3)c2)cc(OC)c1OC. The number of carbonyl (C=O) groups excluding carboxylic acids is 1. The highest BCUT2D eigenvalue weighted by Crippen LogP contribution is 2.40. The van der Waals surface area contributed by atoms with Crippen molar-refractivity contribution in [2.75, 3.05) is 49.8 Å². The summed E-state index contributed by atoms with van der Waals surface area (Å²) in [6.45, 7) is 0. The Morgan fingerprint density at radius 1 is 0.650 bits per heavy atom. The van der Waals surface area contributed by atoms with E-state index < -0.39 is 0 Å². The number of ketones is 1. The smallest absolute Gasteiger partial charge is 0.203 e. The summed E-state index contributed by atoms with van der Waals surface area (Å²) in [5, 5.41) is 0. The third-order valence-corrected chi connectivity index (χ3v) is 6.49. The molecule has 212 valence electrons. The van der Waals surface area contributed by atoms with E-state index in [-0.39, 0.29) is 12.2 Å². The summed E-state index contributed by atoms with van der Waals surface area (Å²) in [4.78, 5) is 17.5. The molecule has 40 heavy (non-hydrogen) atoms. The lowest BCUT2D eigenvalue weighted by Crippen LogP contribution is -2.03. The lowest BCUT2D eigenvalue weighted by Gasteiger charge is -2.13. The molecule has 0 fully saturated rings. The van der Waals surface area contributed by atoms with E-state index in [1.807, 2.05) is 36.4 Å². The van der Waals surface area contributed by atoms with Crippen LogP contribution in [-0.4, -0.2) is 61.8 Å². The summed E-state index contributed by atoms with van der Waals surface area (Å²) < 4.78 is 38.6. The van der Waals surface area contributed by atoms with Crippen LogP contribution in [0.4, 0.5) is 5.69 Å². The molecule has 0 N–H and O–H groups in total. The van der Waals surface area contributed by atoms with Crippen LogP contribution in [0.15, 0.2) is 45.9 Å². The molecule has 0 saturated carbocycles. The maximum Gasteiger partial charge on any atom is 0.203 e. The van der Waals surface area contributed by atoms with Crippen molar-refractivity contribution in [3.63, 3.8) is 0 Å². The third-order valence-electron chi connectivity index (χ3n) is 5.90. The largest absolute Gasteiger partial charge is 0.493 e. The van der Waals surface area contributed by atoms with E-state index in [1.165, 1.54) is 21.3 Å². The Bertz CT molecular complexity index is 1370. The summed E-state index contributed by atoms with van der Waals surface area (Å²) in [5.74, 6) is 3.23.